The number of benzene rings is 2. The molecule has 0 radical (unpaired) electrons. The van der Waals surface area contributed by atoms with Crippen LogP contribution in [0.25, 0.3) is 0 Å². The van der Waals surface area contributed by atoms with Crippen LogP contribution in [0.15, 0.2) is 60.7 Å². The first-order valence-electron chi connectivity index (χ1n) is 18.2. The lowest BCUT2D eigenvalue weighted by molar-refractivity contribution is -0.142. The predicted molar refractivity (Wildman–Crippen MR) is 191 cm³/mol. The van der Waals surface area contributed by atoms with Crippen molar-refractivity contribution in [3.63, 3.8) is 0 Å². The number of ether oxygens (including phenoxy) is 2. The van der Waals surface area contributed by atoms with Crippen molar-refractivity contribution in [1.29, 1.82) is 0 Å². The van der Waals surface area contributed by atoms with Crippen LogP contribution in [-0.2, 0) is 46.3 Å². The monoisotopic (exact) mass is 703 g/mol. The molecular formula is C39H53N5O7. The Morgan fingerprint density at radius 1 is 0.902 bits per heavy atom. The van der Waals surface area contributed by atoms with Crippen LogP contribution in [0.2, 0.25) is 0 Å². The summed E-state index contributed by atoms with van der Waals surface area (Å²) in [6.45, 7) is 10.4. The number of morpholine rings is 1. The highest BCUT2D eigenvalue weighted by Crippen LogP contribution is 2.30. The molecule has 3 heterocycles. The van der Waals surface area contributed by atoms with Gasteiger partial charge in [-0.15, -0.1) is 0 Å². The van der Waals surface area contributed by atoms with Crippen molar-refractivity contribution >= 4 is 29.4 Å². The maximum absolute atomic E-state index is 14.2. The molecule has 0 spiro atoms. The van der Waals surface area contributed by atoms with E-state index in [1.165, 1.54) is 0 Å². The van der Waals surface area contributed by atoms with Gasteiger partial charge in [-0.05, 0) is 56.6 Å². The second kappa shape index (κ2) is 17.4. The minimum atomic E-state index is -0.922. The number of amides is 4. The standard InChI is InChI=1S/C39H53N5O7/c1-26(2)21-31(35(46)39(4)25-51-39)41-37(48)33(23-29-13-9-6-10-14-29)44-27(3)22-32(38(44)49)42-36(47)30(16-15-28-11-7-5-8-12-28)40-34(45)24-43-17-19-50-20-18-43/h5-14,26-27,30-33H,15-25H2,1-4H3,(H,40,45)(H,41,48)(H,42,47)/t27?,30-,31+,32-,33-,39+/m1/s1. The van der Waals surface area contributed by atoms with E-state index >= 15 is 0 Å². The normalized spacial score (nSPS) is 23.7. The first-order chi connectivity index (χ1) is 24.4. The SMILES string of the molecule is CC(C)C[C@H](NC(=O)[C@@H](Cc1ccccc1)N1C(=O)[C@H](NC(=O)[C@@H](CCc2ccccc2)NC(=O)CN2CCOCC2)CC1C)C(=O)[C@]1(C)CO1. The second-order valence-corrected chi connectivity index (χ2v) is 14.7. The molecule has 0 saturated carbocycles. The maximum atomic E-state index is 14.2. The van der Waals surface area contributed by atoms with Crippen molar-refractivity contribution in [2.75, 3.05) is 39.5 Å². The number of epoxide rings is 1. The number of carbonyl (C=O) groups is 5. The summed E-state index contributed by atoms with van der Waals surface area (Å²) >= 11 is 0. The third-order valence-electron chi connectivity index (χ3n) is 9.96. The molecule has 3 fully saturated rings. The van der Waals surface area contributed by atoms with Gasteiger partial charge in [0.2, 0.25) is 23.6 Å². The van der Waals surface area contributed by atoms with E-state index in [-0.39, 0.29) is 48.9 Å². The van der Waals surface area contributed by atoms with Crippen molar-refractivity contribution in [2.24, 2.45) is 5.92 Å². The van der Waals surface area contributed by atoms with Gasteiger partial charge >= 0.3 is 0 Å². The van der Waals surface area contributed by atoms with Gasteiger partial charge in [0.25, 0.3) is 0 Å². The summed E-state index contributed by atoms with van der Waals surface area (Å²) in [5, 5.41) is 8.83. The summed E-state index contributed by atoms with van der Waals surface area (Å²) in [5.41, 5.74) is 0.974. The molecule has 0 aromatic heterocycles. The summed E-state index contributed by atoms with van der Waals surface area (Å²) in [7, 11) is 0. The number of ketones is 1. The molecule has 12 heteroatoms. The lowest BCUT2D eigenvalue weighted by atomic mass is 9.92. The maximum Gasteiger partial charge on any atom is 0.246 e. The zero-order valence-corrected chi connectivity index (χ0v) is 30.3. The zero-order chi connectivity index (χ0) is 36.5. The highest BCUT2D eigenvalue weighted by molar-refractivity contribution is 5.99. The van der Waals surface area contributed by atoms with Gasteiger partial charge in [0.15, 0.2) is 5.78 Å². The number of rotatable bonds is 17. The molecule has 3 saturated heterocycles. The van der Waals surface area contributed by atoms with E-state index in [2.05, 4.69) is 16.0 Å². The first-order valence-corrected chi connectivity index (χ1v) is 18.2. The van der Waals surface area contributed by atoms with Crippen LogP contribution in [-0.4, -0.2) is 114 Å². The number of carbonyl (C=O) groups excluding carboxylic acids is 5. The van der Waals surface area contributed by atoms with Crippen LogP contribution in [0.1, 0.15) is 58.1 Å². The number of hydrogen-bond donors (Lipinski definition) is 3. The van der Waals surface area contributed by atoms with E-state index in [1.807, 2.05) is 86.3 Å². The lowest BCUT2D eigenvalue weighted by Crippen LogP contribution is -2.57. The van der Waals surface area contributed by atoms with Gasteiger partial charge in [-0.3, -0.25) is 28.9 Å². The van der Waals surface area contributed by atoms with Crippen LogP contribution >= 0.6 is 0 Å². The molecular weight excluding hydrogens is 650 g/mol. The molecule has 3 N–H and O–H groups in total. The second-order valence-electron chi connectivity index (χ2n) is 14.7. The fraction of sp³-hybridized carbons (Fsp3) is 0.564. The topological polar surface area (TPSA) is 150 Å². The highest BCUT2D eigenvalue weighted by atomic mass is 16.6. The number of hydrogen-bond acceptors (Lipinski definition) is 8. The smallest absolute Gasteiger partial charge is 0.246 e. The fourth-order valence-electron chi connectivity index (χ4n) is 6.98. The van der Waals surface area contributed by atoms with Crippen LogP contribution in [0.4, 0.5) is 0 Å². The van der Waals surface area contributed by atoms with Crippen molar-refractivity contribution < 1.29 is 33.4 Å². The Bertz CT molecular complexity index is 1510. The third kappa shape index (κ3) is 10.5. The first kappa shape index (κ1) is 38.1. The molecule has 276 valence electrons. The van der Waals surface area contributed by atoms with Crippen LogP contribution in [0.3, 0.4) is 0 Å². The van der Waals surface area contributed by atoms with Crippen molar-refractivity contribution in [3.05, 3.63) is 71.8 Å². The molecule has 4 amide bonds. The van der Waals surface area contributed by atoms with E-state index in [0.717, 1.165) is 11.1 Å². The number of Topliss-reactive ketones (excluding diaryl/α,β-unsaturated/α-hetero) is 1. The molecule has 0 aliphatic carbocycles. The van der Waals surface area contributed by atoms with Gasteiger partial charge in [0.05, 0.1) is 32.4 Å². The van der Waals surface area contributed by atoms with E-state index in [4.69, 9.17) is 9.47 Å². The minimum Gasteiger partial charge on any atom is -0.379 e. The summed E-state index contributed by atoms with van der Waals surface area (Å²) in [4.78, 5) is 72.3. The van der Waals surface area contributed by atoms with Gasteiger partial charge in [0, 0.05) is 25.6 Å². The summed E-state index contributed by atoms with van der Waals surface area (Å²) in [6.07, 6.45) is 1.86. The third-order valence-corrected chi connectivity index (χ3v) is 9.96. The number of nitrogens with one attached hydrogen (secondary N) is 3. The molecule has 5 rings (SSSR count). The average molecular weight is 704 g/mol. The van der Waals surface area contributed by atoms with Crippen LogP contribution in [0.5, 0.6) is 0 Å². The Balaban J connectivity index is 1.31. The Morgan fingerprint density at radius 3 is 2.14 bits per heavy atom. The molecule has 3 aliphatic heterocycles. The Morgan fingerprint density at radius 2 is 1.53 bits per heavy atom. The van der Waals surface area contributed by atoms with Crippen LogP contribution in [0, 0.1) is 5.92 Å². The molecule has 0 bridgehead atoms. The lowest BCUT2D eigenvalue weighted by Gasteiger charge is -2.33. The van der Waals surface area contributed by atoms with Crippen LogP contribution < -0.4 is 16.0 Å². The molecule has 12 nitrogen and oxygen atoms in total. The van der Waals surface area contributed by atoms with Gasteiger partial charge in [-0.1, -0.05) is 74.5 Å². The van der Waals surface area contributed by atoms with Gasteiger partial charge in [-0.2, -0.15) is 0 Å². The van der Waals surface area contributed by atoms with Gasteiger partial charge < -0.3 is 30.3 Å². The average Bonchev–Trinajstić information content (AvgIpc) is 3.81. The molecule has 51 heavy (non-hydrogen) atoms. The molecule has 3 aliphatic rings. The largest absolute Gasteiger partial charge is 0.379 e. The molecule has 2 aromatic carbocycles. The van der Waals surface area contributed by atoms with E-state index in [0.29, 0.717) is 52.2 Å². The predicted octanol–water partition coefficient (Wildman–Crippen LogP) is 2.04. The number of aryl methyl sites for hydroxylation is 1. The fourth-order valence-corrected chi connectivity index (χ4v) is 6.98. The Hall–Kier alpha value is -4.13. The molecule has 6 atom stereocenters. The van der Waals surface area contributed by atoms with E-state index in [9.17, 15) is 24.0 Å². The van der Waals surface area contributed by atoms with Gasteiger partial charge in [0.1, 0.15) is 23.7 Å². The Kier molecular flexibility index (Phi) is 13.0. The van der Waals surface area contributed by atoms with Gasteiger partial charge in [-0.25, -0.2) is 0 Å². The summed E-state index contributed by atoms with van der Waals surface area (Å²) in [6, 6.07) is 15.3. The molecule has 1 unspecified atom stereocenters. The quantitative estimate of drug-likeness (QED) is 0.212. The van der Waals surface area contributed by atoms with E-state index < -0.39 is 41.6 Å². The zero-order valence-electron chi connectivity index (χ0n) is 30.3. The van der Waals surface area contributed by atoms with Crippen molar-refractivity contribution in [2.45, 2.75) is 95.6 Å². The Labute approximate surface area is 301 Å². The van der Waals surface area contributed by atoms with E-state index in [1.54, 1.807) is 11.8 Å². The molecule has 2 aromatic rings. The summed E-state index contributed by atoms with van der Waals surface area (Å²) < 4.78 is 10.8. The number of likely N-dealkylation sites (tertiary alicyclic amines) is 1. The minimum absolute atomic E-state index is 0.130. The summed E-state index contributed by atoms with van der Waals surface area (Å²) in [5.74, 6) is -1.56. The number of nitrogens with zero attached hydrogens (tertiary/aromatic N) is 2. The van der Waals surface area contributed by atoms with Crippen molar-refractivity contribution in [1.82, 2.24) is 25.8 Å². The highest BCUT2D eigenvalue weighted by Gasteiger charge is 2.51. The van der Waals surface area contributed by atoms with Crippen molar-refractivity contribution in [3.8, 4) is 0 Å².